The third kappa shape index (κ3) is 0.904. The minimum atomic E-state index is 0.249. The summed E-state index contributed by atoms with van der Waals surface area (Å²) in [5.74, 6) is 0.249. The molecule has 0 fully saturated rings. The zero-order chi connectivity index (χ0) is 5.98. The molecular formula is C6H7NO. The molecule has 2 nitrogen and oxygen atoms in total. The Balaban J connectivity index is 3.03. The molecule has 0 radical (unpaired) electrons. The number of nitrogen functional groups attached to an aromatic ring is 1. The lowest BCUT2D eigenvalue weighted by Crippen LogP contribution is -1.80. The van der Waals surface area contributed by atoms with Crippen molar-refractivity contribution in [2.24, 2.45) is 0 Å². The predicted molar refractivity (Wildman–Crippen MR) is 32.5 cm³/mol. The van der Waals surface area contributed by atoms with Crippen LogP contribution in [0, 0.1) is 0 Å². The number of phenols is 1. The fourth-order valence-corrected chi connectivity index (χ4v) is 0.474. The minimum Gasteiger partial charge on any atom is -0.508 e. The molecule has 0 unspecified atom stereocenters. The summed E-state index contributed by atoms with van der Waals surface area (Å²) in [6.07, 6.45) is 0. The van der Waals surface area contributed by atoms with Gasteiger partial charge in [-0.3, -0.25) is 0 Å². The van der Waals surface area contributed by atoms with Crippen molar-refractivity contribution in [1.29, 1.82) is 0 Å². The molecule has 1 aromatic carbocycles. The Kier molecular flexibility index (Phi) is 1.08. The van der Waals surface area contributed by atoms with Gasteiger partial charge in [0.1, 0.15) is 5.75 Å². The highest BCUT2D eigenvalue weighted by atomic mass is 16.3. The molecule has 2 heteroatoms. The van der Waals surface area contributed by atoms with E-state index < -0.39 is 0 Å². The van der Waals surface area contributed by atoms with Gasteiger partial charge in [0.2, 0.25) is 0 Å². The molecule has 42 valence electrons. The molecule has 0 bridgehead atoms. The van der Waals surface area contributed by atoms with Gasteiger partial charge in [-0.1, -0.05) is 0 Å². The summed E-state index contributed by atoms with van der Waals surface area (Å²) in [5.41, 5.74) is 5.98. The Morgan fingerprint density at radius 3 is 2.00 bits per heavy atom. The van der Waals surface area contributed by atoms with E-state index in [1.165, 1.54) is 0 Å². The molecule has 1 rings (SSSR count). The van der Waals surface area contributed by atoms with E-state index in [-0.39, 0.29) is 5.75 Å². The average molecular weight is 110 g/mol. The van der Waals surface area contributed by atoms with E-state index in [9.17, 15) is 0 Å². The Morgan fingerprint density at radius 2 is 1.62 bits per heavy atom. The van der Waals surface area contributed by atoms with E-state index >= 15 is 0 Å². The molecule has 0 aliphatic heterocycles. The summed E-state index contributed by atoms with van der Waals surface area (Å²) < 4.78 is 0. The molecule has 0 amide bonds. The zero-order valence-corrected chi connectivity index (χ0v) is 4.33. The van der Waals surface area contributed by atoms with Crippen molar-refractivity contribution < 1.29 is 5.11 Å². The van der Waals surface area contributed by atoms with Crippen LogP contribution in [0.5, 0.6) is 5.75 Å². The number of hydrogen-bond acceptors (Lipinski definition) is 2. The molecule has 8 heavy (non-hydrogen) atoms. The summed E-state index contributed by atoms with van der Waals surface area (Å²) >= 11 is 0. The topological polar surface area (TPSA) is 46.2 Å². The van der Waals surface area contributed by atoms with Crippen molar-refractivity contribution in [3.05, 3.63) is 24.3 Å². The molecule has 3 N–H and O–H groups in total. The summed E-state index contributed by atoms with van der Waals surface area (Å²) in [5, 5.41) is 8.70. The lowest BCUT2D eigenvalue weighted by molar-refractivity contribution is 0.475. The summed E-state index contributed by atoms with van der Waals surface area (Å²) in [7, 11) is 0. The first-order valence-electron chi connectivity index (χ1n) is 2.33. The van der Waals surface area contributed by atoms with Crippen LogP contribution in [0.15, 0.2) is 24.3 Å². The third-order valence-electron chi connectivity index (χ3n) is 0.893. The van der Waals surface area contributed by atoms with Crippen LogP contribution in [0.2, 0.25) is 0 Å². The number of aromatic hydroxyl groups is 1. The van der Waals surface area contributed by atoms with Crippen molar-refractivity contribution in [1.82, 2.24) is 0 Å². The second kappa shape index (κ2) is 1.74. The standard InChI is InChI=1S/C6H7NO/c7-5-1-3-6(8)4-2-5/h1-4,8H,7H2/i7+1. The maximum absolute atomic E-state index is 8.70. The van der Waals surface area contributed by atoms with Gasteiger partial charge in [0.15, 0.2) is 0 Å². The van der Waals surface area contributed by atoms with Gasteiger partial charge in [0, 0.05) is 5.69 Å². The summed E-state index contributed by atoms with van der Waals surface area (Å²) in [4.78, 5) is 0. The average Bonchev–Trinajstić information content (AvgIpc) is 1.77. The molecule has 1 aromatic rings. The van der Waals surface area contributed by atoms with Gasteiger partial charge in [0.05, 0.1) is 0 Å². The van der Waals surface area contributed by atoms with Crippen LogP contribution in [0.4, 0.5) is 5.69 Å². The number of anilines is 1. The quantitative estimate of drug-likeness (QED) is 0.297. The summed E-state index contributed by atoms with van der Waals surface area (Å²) in [6, 6.07) is 6.40. The lowest BCUT2D eigenvalue weighted by Gasteiger charge is -1.89. The van der Waals surface area contributed by atoms with Crippen LogP contribution >= 0.6 is 0 Å². The SMILES string of the molecule is [15NH2]c1ccc(O)cc1. The lowest BCUT2D eigenvalue weighted by atomic mass is 10.3. The fourth-order valence-electron chi connectivity index (χ4n) is 0.474. The molecule has 0 atom stereocenters. The first-order valence-corrected chi connectivity index (χ1v) is 2.33. The molecule has 0 aliphatic carbocycles. The first kappa shape index (κ1) is 4.97. The van der Waals surface area contributed by atoms with E-state index in [4.69, 9.17) is 10.8 Å². The molecule has 0 saturated heterocycles. The predicted octanol–water partition coefficient (Wildman–Crippen LogP) is 0.974. The summed E-state index contributed by atoms with van der Waals surface area (Å²) in [6.45, 7) is 0. The van der Waals surface area contributed by atoms with Crippen molar-refractivity contribution >= 4 is 5.69 Å². The first-order chi connectivity index (χ1) is 3.79. The van der Waals surface area contributed by atoms with E-state index in [1.54, 1.807) is 24.3 Å². The van der Waals surface area contributed by atoms with Crippen LogP contribution in [0.25, 0.3) is 0 Å². The van der Waals surface area contributed by atoms with Gasteiger partial charge in [-0.25, -0.2) is 0 Å². The number of hydrogen-bond donors (Lipinski definition) is 2. The molecular weight excluding hydrogens is 103 g/mol. The van der Waals surface area contributed by atoms with Crippen LogP contribution in [-0.2, 0) is 0 Å². The van der Waals surface area contributed by atoms with Gasteiger partial charge in [-0.05, 0) is 24.3 Å². The minimum absolute atomic E-state index is 0.249. The number of rotatable bonds is 0. The normalized spacial score (nSPS) is 9.00. The number of nitrogens with two attached hydrogens (primary N) is 1. The maximum Gasteiger partial charge on any atom is 0.115 e. The monoisotopic (exact) mass is 110 g/mol. The Bertz CT molecular complexity index is 147. The number of benzene rings is 1. The molecule has 0 aromatic heterocycles. The Labute approximate surface area is 47.6 Å². The van der Waals surface area contributed by atoms with E-state index in [0.29, 0.717) is 5.69 Å². The Morgan fingerprint density at radius 1 is 1.12 bits per heavy atom. The number of phenolic OH excluding ortho intramolecular Hbond substituents is 1. The largest absolute Gasteiger partial charge is 0.508 e. The van der Waals surface area contributed by atoms with Gasteiger partial charge in [-0.2, -0.15) is 0 Å². The van der Waals surface area contributed by atoms with Crippen LogP contribution in [0.3, 0.4) is 0 Å². The molecule has 0 saturated carbocycles. The second-order valence-corrected chi connectivity index (χ2v) is 1.59. The van der Waals surface area contributed by atoms with Gasteiger partial charge in [0.25, 0.3) is 0 Å². The maximum atomic E-state index is 8.70. The highest BCUT2D eigenvalue weighted by Crippen LogP contribution is 2.09. The smallest absolute Gasteiger partial charge is 0.115 e. The van der Waals surface area contributed by atoms with Gasteiger partial charge >= 0.3 is 0 Å². The highest BCUT2D eigenvalue weighted by Gasteiger charge is 1.82. The third-order valence-corrected chi connectivity index (χ3v) is 0.893. The van der Waals surface area contributed by atoms with Crippen molar-refractivity contribution in [3.63, 3.8) is 0 Å². The van der Waals surface area contributed by atoms with Crippen molar-refractivity contribution in [2.75, 3.05) is 5.73 Å². The van der Waals surface area contributed by atoms with Crippen LogP contribution in [-0.4, -0.2) is 5.11 Å². The zero-order valence-electron chi connectivity index (χ0n) is 4.33. The van der Waals surface area contributed by atoms with Crippen molar-refractivity contribution in [3.8, 4) is 5.75 Å². The molecule has 0 aliphatic rings. The van der Waals surface area contributed by atoms with Gasteiger partial charge in [-0.15, -0.1) is 0 Å². The van der Waals surface area contributed by atoms with E-state index in [0.717, 1.165) is 0 Å². The van der Waals surface area contributed by atoms with Crippen LogP contribution in [0.1, 0.15) is 0 Å². The highest BCUT2D eigenvalue weighted by molar-refractivity contribution is 5.40. The Hall–Kier alpha value is -1.18. The van der Waals surface area contributed by atoms with E-state index in [2.05, 4.69) is 0 Å². The van der Waals surface area contributed by atoms with Gasteiger partial charge < -0.3 is 10.8 Å². The molecule has 0 heterocycles. The molecule has 0 spiro atoms. The van der Waals surface area contributed by atoms with Crippen LogP contribution < -0.4 is 5.73 Å². The van der Waals surface area contributed by atoms with E-state index in [1.807, 2.05) is 0 Å². The fraction of sp³-hybridized carbons (Fsp3) is 0. The van der Waals surface area contributed by atoms with Crippen molar-refractivity contribution in [2.45, 2.75) is 0 Å². The second-order valence-electron chi connectivity index (χ2n) is 1.59.